The molecular weight excluding hydrogens is 314 g/mol. The van der Waals surface area contributed by atoms with E-state index >= 15 is 0 Å². The third-order valence-electron chi connectivity index (χ3n) is 1.77. The van der Waals surface area contributed by atoms with Crippen molar-refractivity contribution >= 4 is 44.8 Å². The Hall–Kier alpha value is -0.100. The van der Waals surface area contributed by atoms with Crippen LogP contribution in [0.1, 0.15) is 16.1 Å². The van der Waals surface area contributed by atoms with Gasteiger partial charge in [0.05, 0.1) is 15.8 Å². The summed E-state index contributed by atoms with van der Waals surface area (Å²) in [5.41, 5.74) is 0. The predicted molar refractivity (Wildman–Crippen MR) is 70.9 cm³/mol. The topological polar surface area (TPSA) is 38.3 Å². The quantitative estimate of drug-likeness (QED) is 0.618. The van der Waals surface area contributed by atoms with Gasteiger partial charge in [-0.25, -0.2) is 0 Å². The SMILES string of the molecule is O=C(NCCCOCCBr)c1ccc(Cl)s1. The van der Waals surface area contributed by atoms with Crippen molar-refractivity contribution in [3.63, 3.8) is 0 Å². The van der Waals surface area contributed by atoms with Gasteiger partial charge in [0.25, 0.3) is 5.91 Å². The molecule has 0 saturated heterocycles. The smallest absolute Gasteiger partial charge is 0.261 e. The zero-order valence-electron chi connectivity index (χ0n) is 8.67. The summed E-state index contributed by atoms with van der Waals surface area (Å²) in [4.78, 5) is 12.2. The van der Waals surface area contributed by atoms with Crippen LogP contribution in [0.15, 0.2) is 12.1 Å². The van der Waals surface area contributed by atoms with Crippen molar-refractivity contribution in [2.45, 2.75) is 6.42 Å². The summed E-state index contributed by atoms with van der Waals surface area (Å²) < 4.78 is 5.89. The number of carbonyl (C=O) groups excluding carboxylic acids is 1. The van der Waals surface area contributed by atoms with Crippen molar-refractivity contribution in [3.8, 4) is 0 Å². The fraction of sp³-hybridized carbons (Fsp3) is 0.500. The number of carbonyl (C=O) groups is 1. The van der Waals surface area contributed by atoms with Crippen LogP contribution in [-0.4, -0.2) is 31.0 Å². The normalized spacial score (nSPS) is 10.4. The predicted octanol–water partition coefficient (Wildman–Crippen LogP) is 2.93. The molecule has 1 N–H and O–H groups in total. The summed E-state index contributed by atoms with van der Waals surface area (Å²) in [5, 5.41) is 3.65. The molecule has 1 aromatic heterocycles. The second-order valence-electron chi connectivity index (χ2n) is 3.01. The van der Waals surface area contributed by atoms with Crippen molar-refractivity contribution in [2.75, 3.05) is 25.1 Å². The Morgan fingerprint density at radius 3 is 2.94 bits per heavy atom. The Morgan fingerprint density at radius 2 is 2.31 bits per heavy atom. The molecule has 0 radical (unpaired) electrons. The van der Waals surface area contributed by atoms with Crippen molar-refractivity contribution < 1.29 is 9.53 Å². The number of hydrogen-bond acceptors (Lipinski definition) is 3. The number of hydrogen-bond donors (Lipinski definition) is 1. The molecule has 0 unspecified atom stereocenters. The highest BCUT2D eigenvalue weighted by molar-refractivity contribution is 9.09. The van der Waals surface area contributed by atoms with E-state index in [1.54, 1.807) is 12.1 Å². The maximum absolute atomic E-state index is 11.5. The zero-order valence-corrected chi connectivity index (χ0v) is 11.8. The minimum absolute atomic E-state index is 0.0719. The molecule has 0 aliphatic carbocycles. The molecular formula is C10H13BrClNO2S. The number of halogens is 2. The lowest BCUT2D eigenvalue weighted by Crippen LogP contribution is -2.24. The second-order valence-corrected chi connectivity index (χ2v) is 5.52. The fourth-order valence-electron chi connectivity index (χ4n) is 1.06. The van der Waals surface area contributed by atoms with E-state index in [4.69, 9.17) is 16.3 Å². The summed E-state index contributed by atoms with van der Waals surface area (Å²) in [7, 11) is 0. The summed E-state index contributed by atoms with van der Waals surface area (Å²) in [5.74, 6) is -0.0719. The van der Waals surface area contributed by atoms with Crippen LogP contribution in [0.4, 0.5) is 0 Å². The Balaban J connectivity index is 2.11. The third-order valence-corrected chi connectivity index (χ3v) is 3.32. The molecule has 16 heavy (non-hydrogen) atoms. The third kappa shape index (κ3) is 5.30. The van der Waals surface area contributed by atoms with Gasteiger partial charge in [-0.15, -0.1) is 11.3 Å². The van der Waals surface area contributed by atoms with E-state index in [1.165, 1.54) is 11.3 Å². The second kappa shape index (κ2) is 8.06. The van der Waals surface area contributed by atoms with E-state index in [2.05, 4.69) is 21.2 Å². The monoisotopic (exact) mass is 325 g/mol. The number of ether oxygens (including phenoxy) is 1. The Bertz CT molecular complexity index is 332. The first kappa shape index (κ1) is 14.0. The van der Waals surface area contributed by atoms with E-state index in [0.29, 0.717) is 29.0 Å². The largest absolute Gasteiger partial charge is 0.381 e. The lowest BCUT2D eigenvalue weighted by molar-refractivity contribution is 0.0948. The van der Waals surface area contributed by atoms with E-state index in [1.807, 2.05) is 0 Å². The van der Waals surface area contributed by atoms with Gasteiger partial charge in [-0.2, -0.15) is 0 Å². The number of nitrogens with one attached hydrogen (secondary N) is 1. The van der Waals surface area contributed by atoms with Gasteiger partial charge < -0.3 is 10.1 Å². The number of rotatable bonds is 7. The van der Waals surface area contributed by atoms with Gasteiger partial charge in [0, 0.05) is 18.5 Å². The first-order valence-corrected chi connectivity index (χ1v) is 7.23. The molecule has 0 aromatic carbocycles. The molecule has 1 heterocycles. The summed E-state index contributed by atoms with van der Waals surface area (Å²) >= 11 is 10.3. The van der Waals surface area contributed by atoms with E-state index in [-0.39, 0.29) is 5.91 Å². The van der Waals surface area contributed by atoms with Crippen molar-refractivity contribution in [1.29, 1.82) is 0 Å². The van der Waals surface area contributed by atoms with Gasteiger partial charge in [0.15, 0.2) is 0 Å². The molecule has 1 amide bonds. The van der Waals surface area contributed by atoms with Crippen molar-refractivity contribution in [3.05, 3.63) is 21.3 Å². The van der Waals surface area contributed by atoms with Crippen LogP contribution in [0, 0.1) is 0 Å². The summed E-state index contributed by atoms with van der Waals surface area (Å²) in [6.07, 6.45) is 0.817. The fourth-order valence-corrected chi connectivity index (χ4v) is 2.24. The maximum Gasteiger partial charge on any atom is 0.261 e. The van der Waals surface area contributed by atoms with Crippen LogP contribution >= 0.6 is 38.9 Å². The van der Waals surface area contributed by atoms with Gasteiger partial charge in [-0.05, 0) is 18.6 Å². The molecule has 0 atom stereocenters. The van der Waals surface area contributed by atoms with Crippen LogP contribution in [-0.2, 0) is 4.74 Å². The van der Waals surface area contributed by atoms with Crippen LogP contribution in [0.5, 0.6) is 0 Å². The van der Waals surface area contributed by atoms with Crippen LogP contribution < -0.4 is 5.32 Å². The van der Waals surface area contributed by atoms with Crippen LogP contribution in [0.2, 0.25) is 4.34 Å². The van der Waals surface area contributed by atoms with Gasteiger partial charge in [-0.1, -0.05) is 27.5 Å². The molecule has 0 spiro atoms. The van der Waals surface area contributed by atoms with E-state index in [9.17, 15) is 4.79 Å². The highest BCUT2D eigenvalue weighted by Gasteiger charge is 2.07. The lowest BCUT2D eigenvalue weighted by atomic mass is 10.4. The average molecular weight is 327 g/mol. The van der Waals surface area contributed by atoms with E-state index in [0.717, 1.165) is 11.8 Å². The highest BCUT2D eigenvalue weighted by Crippen LogP contribution is 2.20. The van der Waals surface area contributed by atoms with Gasteiger partial charge in [0.1, 0.15) is 0 Å². The molecule has 0 fully saturated rings. The Kier molecular flexibility index (Phi) is 7.03. The molecule has 3 nitrogen and oxygen atoms in total. The molecule has 1 aromatic rings. The standard InChI is InChI=1S/C10H13BrClNO2S/c11-4-7-15-6-1-5-13-10(14)8-2-3-9(12)16-8/h2-3H,1,4-7H2,(H,13,14). The van der Waals surface area contributed by atoms with Crippen molar-refractivity contribution in [2.24, 2.45) is 0 Å². The average Bonchev–Trinajstić information content (AvgIpc) is 2.70. The molecule has 0 saturated carbocycles. The molecule has 6 heteroatoms. The molecule has 0 aliphatic rings. The molecule has 0 aliphatic heterocycles. The Morgan fingerprint density at radius 1 is 1.50 bits per heavy atom. The lowest BCUT2D eigenvalue weighted by Gasteiger charge is -2.03. The first-order chi connectivity index (χ1) is 7.74. The van der Waals surface area contributed by atoms with Crippen molar-refractivity contribution in [1.82, 2.24) is 5.32 Å². The minimum Gasteiger partial charge on any atom is -0.381 e. The first-order valence-electron chi connectivity index (χ1n) is 4.91. The van der Waals surface area contributed by atoms with Crippen LogP contribution in [0.25, 0.3) is 0 Å². The summed E-state index contributed by atoms with van der Waals surface area (Å²) in [6, 6.07) is 3.45. The number of thiophene rings is 1. The maximum atomic E-state index is 11.5. The van der Waals surface area contributed by atoms with Gasteiger partial charge in [0.2, 0.25) is 0 Å². The van der Waals surface area contributed by atoms with Crippen LogP contribution in [0.3, 0.4) is 0 Å². The molecule has 1 rings (SSSR count). The van der Waals surface area contributed by atoms with Gasteiger partial charge in [-0.3, -0.25) is 4.79 Å². The molecule has 90 valence electrons. The summed E-state index contributed by atoms with van der Waals surface area (Å²) in [6.45, 7) is 1.99. The number of alkyl halides is 1. The zero-order chi connectivity index (χ0) is 11.8. The minimum atomic E-state index is -0.0719. The highest BCUT2D eigenvalue weighted by atomic mass is 79.9. The number of amides is 1. The Labute approximate surface area is 112 Å². The van der Waals surface area contributed by atoms with Gasteiger partial charge >= 0.3 is 0 Å². The van der Waals surface area contributed by atoms with E-state index < -0.39 is 0 Å². The molecule has 0 bridgehead atoms.